The summed E-state index contributed by atoms with van der Waals surface area (Å²) in [5, 5.41) is 11.5. The van der Waals surface area contributed by atoms with Gasteiger partial charge in [-0.2, -0.15) is 0 Å². The number of aromatic nitrogens is 2. The smallest absolute Gasteiger partial charge is 0.324 e. The standard InChI is InChI=1S/C21H23N5O4/c1-28-17-7-5-15(14-18(17)29-2)16-6-8-19(24-23-16)25-9-11-26(12-10-25)21(27)22-20-4-3-13-30-20/h3-8,13-14H,9-12H2,1-2H3,(H,22,27). The molecule has 0 unspecified atom stereocenters. The Morgan fingerprint density at radius 2 is 1.80 bits per heavy atom. The number of benzene rings is 1. The van der Waals surface area contributed by atoms with Gasteiger partial charge in [0.15, 0.2) is 17.3 Å². The summed E-state index contributed by atoms with van der Waals surface area (Å²) in [6, 6.07) is 12.8. The second-order valence-corrected chi connectivity index (χ2v) is 6.73. The van der Waals surface area contributed by atoms with Crippen molar-refractivity contribution in [2.45, 2.75) is 0 Å². The number of nitrogens with one attached hydrogen (secondary N) is 1. The monoisotopic (exact) mass is 409 g/mol. The first kappa shape index (κ1) is 19.6. The maximum atomic E-state index is 12.3. The first-order chi connectivity index (χ1) is 14.7. The largest absolute Gasteiger partial charge is 0.493 e. The Morgan fingerprint density at radius 3 is 2.43 bits per heavy atom. The van der Waals surface area contributed by atoms with E-state index in [-0.39, 0.29) is 6.03 Å². The average molecular weight is 409 g/mol. The first-order valence-electron chi connectivity index (χ1n) is 9.58. The summed E-state index contributed by atoms with van der Waals surface area (Å²) in [7, 11) is 3.21. The van der Waals surface area contributed by atoms with Crippen LogP contribution in [0.15, 0.2) is 53.1 Å². The maximum Gasteiger partial charge on any atom is 0.324 e. The molecule has 0 atom stereocenters. The van der Waals surface area contributed by atoms with Gasteiger partial charge < -0.3 is 23.7 Å². The van der Waals surface area contributed by atoms with Gasteiger partial charge in [0, 0.05) is 37.8 Å². The molecule has 156 valence electrons. The Bertz CT molecular complexity index is 983. The van der Waals surface area contributed by atoms with E-state index in [2.05, 4.69) is 20.4 Å². The lowest BCUT2D eigenvalue weighted by Gasteiger charge is -2.34. The van der Waals surface area contributed by atoms with Crippen molar-refractivity contribution in [3.05, 3.63) is 48.7 Å². The van der Waals surface area contributed by atoms with Crippen molar-refractivity contribution >= 4 is 17.7 Å². The van der Waals surface area contributed by atoms with Gasteiger partial charge in [0.05, 0.1) is 26.2 Å². The van der Waals surface area contributed by atoms with Gasteiger partial charge in [0.2, 0.25) is 5.88 Å². The Kier molecular flexibility index (Phi) is 5.69. The van der Waals surface area contributed by atoms with E-state index in [0.29, 0.717) is 43.6 Å². The Balaban J connectivity index is 1.38. The molecule has 9 nitrogen and oxygen atoms in total. The van der Waals surface area contributed by atoms with E-state index in [1.54, 1.807) is 31.3 Å². The number of furan rings is 1. The topological polar surface area (TPSA) is 93.0 Å². The zero-order valence-electron chi connectivity index (χ0n) is 16.9. The van der Waals surface area contributed by atoms with Crippen LogP contribution in [0.2, 0.25) is 0 Å². The van der Waals surface area contributed by atoms with E-state index >= 15 is 0 Å². The van der Waals surface area contributed by atoms with Crippen molar-refractivity contribution in [3.63, 3.8) is 0 Å². The lowest BCUT2D eigenvalue weighted by molar-refractivity contribution is 0.207. The van der Waals surface area contributed by atoms with Gasteiger partial charge >= 0.3 is 6.03 Å². The van der Waals surface area contributed by atoms with Gasteiger partial charge in [-0.1, -0.05) is 0 Å². The summed E-state index contributed by atoms with van der Waals surface area (Å²) in [5.41, 5.74) is 1.64. The van der Waals surface area contributed by atoms with Crippen LogP contribution in [0.3, 0.4) is 0 Å². The number of urea groups is 1. The molecular weight excluding hydrogens is 386 g/mol. The van der Waals surface area contributed by atoms with Crippen LogP contribution in [0, 0.1) is 0 Å². The van der Waals surface area contributed by atoms with E-state index in [4.69, 9.17) is 13.9 Å². The zero-order valence-corrected chi connectivity index (χ0v) is 16.9. The second kappa shape index (κ2) is 8.73. The number of carbonyl (C=O) groups excluding carboxylic acids is 1. The minimum atomic E-state index is -0.167. The highest BCUT2D eigenvalue weighted by Crippen LogP contribution is 2.31. The molecule has 3 aromatic rings. The number of carbonyl (C=O) groups is 1. The SMILES string of the molecule is COc1ccc(-c2ccc(N3CCN(C(=O)Nc4ccco4)CC3)nn2)cc1OC. The van der Waals surface area contributed by atoms with Crippen molar-refractivity contribution in [2.75, 3.05) is 50.6 Å². The number of anilines is 2. The molecule has 4 rings (SSSR count). The fourth-order valence-corrected chi connectivity index (χ4v) is 3.32. The average Bonchev–Trinajstić information content (AvgIpc) is 3.32. The highest BCUT2D eigenvalue weighted by atomic mass is 16.5. The van der Waals surface area contributed by atoms with Crippen molar-refractivity contribution in [2.24, 2.45) is 0 Å². The molecule has 0 spiro atoms. The molecule has 9 heteroatoms. The molecule has 1 aromatic carbocycles. The number of nitrogens with zero attached hydrogens (tertiary/aromatic N) is 4. The van der Waals surface area contributed by atoms with Gasteiger partial charge in [-0.3, -0.25) is 5.32 Å². The van der Waals surface area contributed by atoms with Gasteiger partial charge in [-0.15, -0.1) is 10.2 Å². The molecule has 0 bridgehead atoms. The van der Waals surface area contributed by atoms with Crippen LogP contribution in [0.25, 0.3) is 11.3 Å². The molecular formula is C21H23N5O4. The summed E-state index contributed by atoms with van der Waals surface area (Å²) < 4.78 is 15.8. The fourth-order valence-electron chi connectivity index (χ4n) is 3.32. The van der Waals surface area contributed by atoms with Crippen LogP contribution in [0.1, 0.15) is 0 Å². The normalized spacial score (nSPS) is 13.8. The molecule has 1 saturated heterocycles. The molecule has 1 aliphatic rings. The molecule has 1 N–H and O–H groups in total. The fraction of sp³-hybridized carbons (Fsp3) is 0.286. The number of rotatable bonds is 5. The molecule has 2 aromatic heterocycles. The summed E-state index contributed by atoms with van der Waals surface area (Å²) in [4.78, 5) is 16.2. The van der Waals surface area contributed by atoms with Crippen LogP contribution in [0.5, 0.6) is 11.5 Å². The van der Waals surface area contributed by atoms with Crippen LogP contribution in [-0.2, 0) is 0 Å². The minimum absolute atomic E-state index is 0.167. The molecule has 1 aliphatic heterocycles. The molecule has 1 fully saturated rings. The number of piperazine rings is 1. The van der Waals surface area contributed by atoms with Crippen molar-refractivity contribution < 1.29 is 18.7 Å². The van der Waals surface area contributed by atoms with Gasteiger partial charge in [0.1, 0.15) is 0 Å². The molecule has 2 amide bonds. The number of hydrogen-bond donors (Lipinski definition) is 1. The molecule has 0 saturated carbocycles. The summed E-state index contributed by atoms with van der Waals surface area (Å²) in [6.45, 7) is 2.53. The van der Waals surface area contributed by atoms with Gasteiger partial charge in [0.25, 0.3) is 0 Å². The second-order valence-electron chi connectivity index (χ2n) is 6.73. The Hall–Kier alpha value is -3.75. The van der Waals surface area contributed by atoms with Crippen molar-refractivity contribution in [1.82, 2.24) is 15.1 Å². The van der Waals surface area contributed by atoms with Crippen LogP contribution in [-0.4, -0.2) is 61.5 Å². The van der Waals surface area contributed by atoms with E-state index in [0.717, 1.165) is 17.1 Å². The third-order valence-electron chi connectivity index (χ3n) is 4.97. The lowest BCUT2D eigenvalue weighted by atomic mass is 10.1. The van der Waals surface area contributed by atoms with E-state index in [1.807, 2.05) is 30.3 Å². The van der Waals surface area contributed by atoms with Crippen molar-refractivity contribution in [1.29, 1.82) is 0 Å². The number of hydrogen-bond acceptors (Lipinski definition) is 7. The number of ether oxygens (including phenoxy) is 2. The summed E-state index contributed by atoms with van der Waals surface area (Å²) in [6.07, 6.45) is 1.53. The number of methoxy groups -OCH3 is 2. The first-order valence-corrected chi connectivity index (χ1v) is 9.58. The molecule has 3 heterocycles. The maximum absolute atomic E-state index is 12.3. The van der Waals surface area contributed by atoms with E-state index < -0.39 is 0 Å². The Labute approximate surface area is 174 Å². The van der Waals surface area contributed by atoms with Crippen LogP contribution >= 0.6 is 0 Å². The summed E-state index contributed by atoms with van der Waals surface area (Å²) in [5.74, 6) is 2.54. The Morgan fingerprint density at radius 1 is 1.00 bits per heavy atom. The molecule has 0 radical (unpaired) electrons. The zero-order chi connectivity index (χ0) is 20.9. The van der Waals surface area contributed by atoms with E-state index in [1.165, 1.54) is 6.26 Å². The number of amides is 2. The summed E-state index contributed by atoms with van der Waals surface area (Å²) >= 11 is 0. The van der Waals surface area contributed by atoms with E-state index in [9.17, 15) is 4.79 Å². The van der Waals surface area contributed by atoms with Gasteiger partial charge in [-0.05, 0) is 36.4 Å². The predicted molar refractivity (Wildman–Crippen MR) is 112 cm³/mol. The van der Waals surface area contributed by atoms with Crippen LogP contribution < -0.4 is 19.7 Å². The minimum Gasteiger partial charge on any atom is -0.493 e. The lowest BCUT2D eigenvalue weighted by Crippen LogP contribution is -2.50. The third kappa shape index (κ3) is 4.14. The van der Waals surface area contributed by atoms with Crippen molar-refractivity contribution in [3.8, 4) is 22.8 Å². The highest BCUT2D eigenvalue weighted by molar-refractivity contribution is 5.88. The third-order valence-corrected chi connectivity index (χ3v) is 4.97. The quantitative estimate of drug-likeness (QED) is 0.692. The molecule has 0 aliphatic carbocycles. The molecule has 30 heavy (non-hydrogen) atoms. The van der Waals surface area contributed by atoms with Crippen LogP contribution in [0.4, 0.5) is 16.5 Å². The highest BCUT2D eigenvalue weighted by Gasteiger charge is 2.22. The predicted octanol–water partition coefficient (Wildman–Crippen LogP) is 3.11. The van der Waals surface area contributed by atoms with Gasteiger partial charge in [-0.25, -0.2) is 4.79 Å².